The first-order valence-electron chi connectivity index (χ1n) is 4.29. The lowest BCUT2D eigenvalue weighted by molar-refractivity contribution is -0.149. The molecule has 1 aromatic carbocycles. The summed E-state index contributed by atoms with van der Waals surface area (Å²) in [4.78, 5) is 0. The highest BCUT2D eigenvalue weighted by Gasteiger charge is 2.44. The maximum absolute atomic E-state index is 13.1. The summed E-state index contributed by atoms with van der Waals surface area (Å²) in [6, 6.07) is -0.169. The number of nitrogens with two attached hydrogens (primary N) is 1. The average Bonchev–Trinajstić information content (AvgIpc) is 2.19. The summed E-state index contributed by atoms with van der Waals surface area (Å²) in [5.41, 5.74) is 2.99. The fraction of sp³-hybridized carbons (Fsp3) is 0.333. The van der Waals surface area contributed by atoms with E-state index in [4.69, 9.17) is 5.73 Å². The number of halogens is 7. The zero-order valence-electron chi connectivity index (χ0n) is 8.08. The maximum Gasteiger partial charge on any atom is 0.397 e. The third-order valence-electron chi connectivity index (χ3n) is 2.13. The molecule has 0 aliphatic carbocycles. The lowest BCUT2D eigenvalue weighted by atomic mass is 9.97. The SMILES string of the molecule is NCC(c1c(F)c(F)cc(F)c1F)C(F)(F)F. The molecule has 0 fully saturated rings. The smallest absolute Gasteiger partial charge is 0.330 e. The molecule has 0 bridgehead atoms. The van der Waals surface area contributed by atoms with Gasteiger partial charge in [0.1, 0.15) is 0 Å². The fourth-order valence-electron chi connectivity index (χ4n) is 1.31. The molecule has 0 aromatic heterocycles. The minimum Gasteiger partial charge on any atom is -0.330 e. The Morgan fingerprint density at radius 3 is 1.71 bits per heavy atom. The fourth-order valence-corrected chi connectivity index (χ4v) is 1.31. The Morgan fingerprint density at radius 2 is 1.41 bits per heavy atom. The second-order valence-corrected chi connectivity index (χ2v) is 3.21. The van der Waals surface area contributed by atoms with E-state index in [1.54, 1.807) is 0 Å². The van der Waals surface area contributed by atoms with E-state index in [1.165, 1.54) is 0 Å². The van der Waals surface area contributed by atoms with E-state index < -0.39 is 47.5 Å². The van der Waals surface area contributed by atoms with Crippen LogP contribution >= 0.6 is 0 Å². The van der Waals surface area contributed by atoms with Gasteiger partial charge in [0, 0.05) is 18.2 Å². The Hall–Kier alpha value is -1.31. The summed E-state index contributed by atoms with van der Waals surface area (Å²) in [5.74, 6) is -10.8. The topological polar surface area (TPSA) is 26.0 Å². The van der Waals surface area contributed by atoms with Gasteiger partial charge < -0.3 is 5.73 Å². The first-order valence-corrected chi connectivity index (χ1v) is 4.29. The maximum atomic E-state index is 13.1. The van der Waals surface area contributed by atoms with Gasteiger partial charge in [0.05, 0.1) is 5.92 Å². The molecule has 0 heterocycles. The zero-order chi connectivity index (χ0) is 13.4. The minimum absolute atomic E-state index is 0.169. The number of benzene rings is 1. The van der Waals surface area contributed by atoms with Crippen LogP contribution in [0.4, 0.5) is 30.7 Å². The van der Waals surface area contributed by atoms with Crippen molar-refractivity contribution in [3.05, 3.63) is 34.9 Å². The van der Waals surface area contributed by atoms with E-state index in [0.717, 1.165) is 0 Å². The quantitative estimate of drug-likeness (QED) is 0.643. The van der Waals surface area contributed by atoms with Crippen molar-refractivity contribution in [2.75, 3.05) is 6.54 Å². The van der Waals surface area contributed by atoms with Crippen LogP contribution in [0.2, 0.25) is 0 Å². The molecule has 0 aliphatic heterocycles. The molecule has 0 saturated heterocycles. The lowest BCUT2D eigenvalue weighted by Gasteiger charge is -2.20. The minimum atomic E-state index is -5.10. The Balaban J connectivity index is 3.48. The molecular weight excluding hydrogens is 255 g/mol. The van der Waals surface area contributed by atoms with Crippen LogP contribution in [0.5, 0.6) is 0 Å². The van der Waals surface area contributed by atoms with Crippen LogP contribution in [-0.4, -0.2) is 12.7 Å². The van der Waals surface area contributed by atoms with E-state index >= 15 is 0 Å². The van der Waals surface area contributed by atoms with E-state index in [2.05, 4.69) is 0 Å². The molecule has 8 heteroatoms. The highest BCUT2D eigenvalue weighted by Crippen LogP contribution is 2.37. The van der Waals surface area contributed by atoms with Crippen molar-refractivity contribution in [2.24, 2.45) is 5.73 Å². The molecule has 1 unspecified atom stereocenters. The average molecular weight is 261 g/mol. The van der Waals surface area contributed by atoms with Gasteiger partial charge >= 0.3 is 6.18 Å². The normalized spacial score (nSPS) is 13.9. The highest BCUT2D eigenvalue weighted by atomic mass is 19.4. The standard InChI is InChI=1S/C9H6F7N/c10-4-1-5(11)8(13)6(7(4)12)3(2-17)9(14,15)16/h1,3H,2,17H2. The number of rotatable bonds is 2. The molecule has 0 radical (unpaired) electrons. The Morgan fingerprint density at radius 1 is 1.00 bits per heavy atom. The summed E-state index contributed by atoms with van der Waals surface area (Å²) in [7, 11) is 0. The molecular formula is C9H6F7N. The second-order valence-electron chi connectivity index (χ2n) is 3.21. The van der Waals surface area contributed by atoms with Crippen LogP contribution < -0.4 is 5.73 Å². The van der Waals surface area contributed by atoms with Gasteiger partial charge in [-0.15, -0.1) is 0 Å². The zero-order valence-corrected chi connectivity index (χ0v) is 8.08. The summed E-state index contributed by atoms with van der Waals surface area (Å²) >= 11 is 0. The summed E-state index contributed by atoms with van der Waals surface area (Å²) in [5, 5.41) is 0. The molecule has 1 nitrogen and oxygen atoms in total. The van der Waals surface area contributed by atoms with Gasteiger partial charge in [-0.1, -0.05) is 0 Å². The lowest BCUT2D eigenvalue weighted by Crippen LogP contribution is -2.30. The number of alkyl halides is 3. The molecule has 2 N–H and O–H groups in total. The largest absolute Gasteiger partial charge is 0.397 e. The number of hydrogen-bond acceptors (Lipinski definition) is 1. The van der Waals surface area contributed by atoms with E-state index in [0.29, 0.717) is 0 Å². The van der Waals surface area contributed by atoms with Crippen molar-refractivity contribution in [3.8, 4) is 0 Å². The molecule has 0 saturated carbocycles. The number of hydrogen-bond donors (Lipinski definition) is 1. The van der Waals surface area contributed by atoms with Crippen LogP contribution in [0.15, 0.2) is 6.07 Å². The highest BCUT2D eigenvalue weighted by molar-refractivity contribution is 5.27. The van der Waals surface area contributed by atoms with Gasteiger partial charge in [0.25, 0.3) is 0 Å². The van der Waals surface area contributed by atoms with Crippen LogP contribution in [0.25, 0.3) is 0 Å². The van der Waals surface area contributed by atoms with Crippen molar-refractivity contribution in [1.29, 1.82) is 0 Å². The van der Waals surface area contributed by atoms with Crippen molar-refractivity contribution in [2.45, 2.75) is 12.1 Å². The molecule has 1 rings (SSSR count). The molecule has 17 heavy (non-hydrogen) atoms. The van der Waals surface area contributed by atoms with E-state index in [-0.39, 0.29) is 6.07 Å². The van der Waals surface area contributed by atoms with Crippen LogP contribution in [0.3, 0.4) is 0 Å². The van der Waals surface area contributed by atoms with Gasteiger partial charge in [0.2, 0.25) is 0 Å². The van der Waals surface area contributed by atoms with E-state index in [1.807, 2.05) is 0 Å². The van der Waals surface area contributed by atoms with Gasteiger partial charge in [-0.2, -0.15) is 13.2 Å². The van der Waals surface area contributed by atoms with Crippen molar-refractivity contribution >= 4 is 0 Å². The van der Waals surface area contributed by atoms with Crippen LogP contribution in [-0.2, 0) is 0 Å². The molecule has 1 aromatic rings. The second kappa shape index (κ2) is 4.52. The van der Waals surface area contributed by atoms with Crippen molar-refractivity contribution < 1.29 is 30.7 Å². The third-order valence-corrected chi connectivity index (χ3v) is 2.13. The van der Waals surface area contributed by atoms with Crippen molar-refractivity contribution in [3.63, 3.8) is 0 Å². The summed E-state index contributed by atoms with van der Waals surface area (Å²) < 4.78 is 88.7. The molecule has 1 atom stereocenters. The third kappa shape index (κ3) is 2.51. The molecule has 0 aliphatic rings. The Kier molecular flexibility index (Phi) is 3.65. The van der Waals surface area contributed by atoms with Crippen LogP contribution in [0, 0.1) is 23.3 Å². The van der Waals surface area contributed by atoms with Gasteiger partial charge in [-0.05, 0) is 0 Å². The van der Waals surface area contributed by atoms with Crippen molar-refractivity contribution in [1.82, 2.24) is 0 Å². The summed E-state index contributed by atoms with van der Waals surface area (Å²) in [6.07, 6.45) is -5.10. The Bertz CT molecular complexity index is 400. The predicted octanol–water partition coefficient (Wildman–Crippen LogP) is 2.85. The first kappa shape index (κ1) is 13.8. The van der Waals surface area contributed by atoms with Crippen LogP contribution in [0.1, 0.15) is 11.5 Å². The van der Waals surface area contributed by atoms with Gasteiger partial charge in [-0.25, -0.2) is 17.6 Å². The van der Waals surface area contributed by atoms with Gasteiger partial charge in [-0.3, -0.25) is 0 Å². The molecule has 0 spiro atoms. The predicted molar refractivity (Wildman–Crippen MR) is 44.1 cm³/mol. The molecule has 96 valence electrons. The summed E-state index contributed by atoms with van der Waals surface area (Å²) in [6.45, 7) is -1.22. The van der Waals surface area contributed by atoms with Gasteiger partial charge in [0.15, 0.2) is 23.3 Å². The first-order chi connectivity index (χ1) is 7.70. The monoisotopic (exact) mass is 261 g/mol. The molecule has 0 amide bonds. The Labute approximate surface area is 91.0 Å². The van der Waals surface area contributed by atoms with E-state index in [9.17, 15) is 30.7 Å².